The van der Waals surface area contributed by atoms with Crippen molar-refractivity contribution in [1.29, 1.82) is 0 Å². The highest BCUT2D eigenvalue weighted by Gasteiger charge is 2.22. The number of carboxylic acid groups (broad SMARTS) is 1. The van der Waals surface area contributed by atoms with E-state index in [1.165, 1.54) is 11.5 Å². The Morgan fingerprint density at radius 2 is 1.86 bits per heavy atom. The number of benzene rings is 1. The predicted molar refractivity (Wildman–Crippen MR) is 133 cm³/mol. The molecule has 10 heteroatoms. The van der Waals surface area contributed by atoms with E-state index in [4.69, 9.17) is 4.74 Å². The first kappa shape index (κ1) is 25.2. The molecule has 1 atom stereocenters. The SMILES string of the molecule is C[C@@H](Cn1c(=O)[nH]/c(=N\c2ccc(Oc3ccccn3)cc2)n(C[C@H]2CC[C@H](C)CC2)c1=O)C(=O)O. The Kier molecular flexibility index (Phi) is 7.82. The van der Waals surface area contributed by atoms with Crippen LogP contribution in [0.4, 0.5) is 5.69 Å². The van der Waals surface area contributed by atoms with Crippen molar-refractivity contribution in [2.45, 2.75) is 52.6 Å². The van der Waals surface area contributed by atoms with E-state index in [1.807, 2.05) is 6.07 Å². The van der Waals surface area contributed by atoms with E-state index in [2.05, 4.69) is 21.9 Å². The molecule has 2 N–H and O–H groups in total. The van der Waals surface area contributed by atoms with Crippen LogP contribution in [0.3, 0.4) is 0 Å². The summed E-state index contributed by atoms with van der Waals surface area (Å²) in [6, 6.07) is 12.3. The molecule has 36 heavy (non-hydrogen) atoms. The standard InChI is InChI=1S/C26H31N5O5/c1-17-6-8-19(9-7-17)16-30-24(29-25(34)31(26(30)35)15-18(2)23(32)33)28-20-10-12-21(13-11-20)36-22-5-3-4-14-27-22/h3-5,10-14,17-19H,6-9,15-16H2,1-2H3,(H,32,33)(H,28,29,34)/t17-,18-,19-/m0/s1. The maximum Gasteiger partial charge on any atom is 0.335 e. The summed E-state index contributed by atoms with van der Waals surface area (Å²) in [6.45, 7) is 3.88. The zero-order valence-corrected chi connectivity index (χ0v) is 20.5. The minimum Gasteiger partial charge on any atom is -0.481 e. The number of ether oxygens (including phenoxy) is 1. The Bertz CT molecular complexity index is 1370. The van der Waals surface area contributed by atoms with Crippen molar-refractivity contribution in [3.63, 3.8) is 0 Å². The lowest BCUT2D eigenvalue weighted by Gasteiger charge is -2.26. The highest BCUT2D eigenvalue weighted by molar-refractivity contribution is 5.69. The van der Waals surface area contributed by atoms with Crippen LogP contribution in [0.5, 0.6) is 11.6 Å². The molecule has 0 amide bonds. The molecule has 0 unspecified atom stereocenters. The van der Waals surface area contributed by atoms with Gasteiger partial charge in [-0.2, -0.15) is 0 Å². The van der Waals surface area contributed by atoms with Crippen LogP contribution in [0.15, 0.2) is 63.2 Å². The van der Waals surface area contributed by atoms with Gasteiger partial charge in [0, 0.05) is 25.4 Å². The third-order valence-corrected chi connectivity index (χ3v) is 6.57. The minimum absolute atomic E-state index is 0.140. The zero-order valence-electron chi connectivity index (χ0n) is 20.5. The van der Waals surface area contributed by atoms with Crippen molar-refractivity contribution in [2.75, 3.05) is 0 Å². The summed E-state index contributed by atoms with van der Waals surface area (Å²) < 4.78 is 8.13. The van der Waals surface area contributed by atoms with Crippen LogP contribution in [0.2, 0.25) is 0 Å². The van der Waals surface area contributed by atoms with Crippen molar-refractivity contribution >= 4 is 11.7 Å². The third-order valence-electron chi connectivity index (χ3n) is 6.57. The maximum atomic E-state index is 13.4. The molecule has 1 saturated carbocycles. The fourth-order valence-corrected chi connectivity index (χ4v) is 4.33. The van der Waals surface area contributed by atoms with Gasteiger partial charge in [-0.25, -0.2) is 24.1 Å². The van der Waals surface area contributed by atoms with Crippen molar-refractivity contribution in [2.24, 2.45) is 22.7 Å². The first-order chi connectivity index (χ1) is 17.3. The maximum absolute atomic E-state index is 13.4. The molecule has 4 rings (SSSR count). The molecule has 0 saturated heterocycles. The van der Waals surface area contributed by atoms with E-state index >= 15 is 0 Å². The second-order valence-corrected chi connectivity index (χ2v) is 9.50. The number of nitrogens with one attached hydrogen (secondary N) is 1. The molecule has 0 spiro atoms. The molecular formula is C26H31N5O5. The summed E-state index contributed by atoms with van der Waals surface area (Å²) in [5.74, 6) is 0.0102. The number of nitrogens with zero attached hydrogens (tertiary/aromatic N) is 4. The van der Waals surface area contributed by atoms with E-state index in [-0.39, 0.29) is 18.1 Å². The zero-order chi connectivity index (χ0) is 25.7. The van der Waals surface area contributed by atoms with Crippen LogP contribution in [0, 0.1) is 17.8 Å². The average molecular weight is 494 g/mol. The molecule has 2 heterocycles. The Hall–Kier alpha value is -3.95. The molecule has 1 aliphatic carbocycles. The van der Waals surface area contributed by atoms with Gasteiger partial charge in [0.25, 0.3) is 0 Å². The molecule has 190 valence electrons. The van der Waals surface area contributed by atoms with Crippen LogP contribution in [0.25, 0.3) is 0 Å². The number of hydrogen-bond donors (Lipinski definition) is 2. The van der Waals surface area contributed by atoms with E-state index < -0.39 is 23.3 Å². The topological polar surface area (TPSA) is 132 Å². The fraction of sp³-hybridized carbons (Fsp3) is 0.423. The number of hydrogen-bond acceptors (Lipinski definition) is 6. The van der Waals surface area contributed by atoms with Crippen LogP contribution < -0.4 is 21.7 Å². The van der Waals surface area contributed by atoms with E-state index in [0.29, 0.717) is 29.8 Å². The molecule has 3 aromatic rings. The third kappa shape index (κ3) is 6.18. The quantitative estimate of drug-likeness (QED) is 0.495. The Balaban J connectivity index is 1.69. The lowest BCUT2D eigenvalue weighted by Crippen LogP contribution is -2.51. The van der Waals surface area contributed by atoms with Gasteiger partial charge in [0.05, 0.1) is 11.6 Å². The lowest BCUT2D eigenvalue weighted by atomic mass is 9.83. The van der Waals surface area contributed by atoms with Gasteiger partial charge in [-0.3, -0.25) is 14.3 Å². The fourth-order valence-electron chi connectivity index (χ4n) is 4.33. The monoisotopic (exact) mass is 493 g/mol. The van der Waals surface area contributed by atoms with Crippen molar-refractivity contribution in [1.82, 2.24) is 19.1 Å². The van der Waals surface area contributed by atoms with Gasteiger partial charge in [-0.05, 0) is 55.0 Å². The largest absolute Gasteiger partial charge is 0.481 e. The highest BCUT2D eigenvalue weighted by Crippen LogP contribution is 2.29. The number of carbonyl (C=O) groups is 1. The van der Waals surface area contributed by atoms with Crippen LogP contribution in [-0.2, 0) is 17.9 Å². The number of pyridine rings is 1. The van der Waals surface area contributed by atoms with Gasteiger partial charge in [0.15, 0.2) is 0 Å². The molecule has 1 aliphatic rings. The summed E-state index contributed by atoms with van der Waals surface area (Å²) in [5.41, 5.74) is -0.572. The van der Waals surface area contributed by atoms with Gasteiger partial charge in [-0.15, -0.1) is 0 Å². The average Bonchev–Trinajstić information content (AvgIpc) is 2.87. The summed E-state index contributed by atoms with van der Waals surface area (Å²) >= 11 is 0. The Morgan fingerprint density at radius 1 is 1.14 bits per heavy atom. The predicted octanol–water partition coefficient (Wildman–Crippen LogP) is 3.30. The molecule has 1 aromatic carbocycles. The Labute approximate surface area is 208 Å². The summed E-state index contributed by atoms with van der Waals surface area (Å²) in [4.78, 5) is 48.9. The second kappa shape index (κ2) is 11.2. The second-order valence-electron chi connectivity index (χ2n) is 9.50. The van der Waals surface area contributed by atoms with Gasteiger partial charge >= 0.3 is 17.3 Å². The van der Waals surface area contributed by atoms with Gasteiger partial charge in [0.2, 0.25) is 11.5 Å². The van der Waals surface area contributed by atoms with E-state index in [0.717, 1.165) is 30.3 Å². The first-order valence-corrected chi connectivity index (χ1v) is 12.2. The van der Waals surface area contributed by atoms with Crippen molar-refractivity contribution in [3.8, 4) is 11.6 Å². The summed E-state index contributed by atoms with van der Waals surface area (Å²) in [7, 11) is 0. The molecule has 0 bridgehead atoms. The first-order valence-electron chi connectivity index (χ1n) is 12.2. The van der Waals surface area contributed by atoms with Crippen LogP contribution in [-0.4, -0.2) is 30.2 Å². The number of rotatable bonds is 8. The van der Waals surface area contributed by atoms with Gasteiger partial charge in [0.1, 0.15) is 5.75 Å². The Morgan fingerprint density at radius 3 is 2.50 bits per heavy atom. The smallest absolute Gasteiger partial charge is 0.335 e. The van der Waals surface area contributed by atoms with Crippen molar-refractivity contribution < 1.29 is 14.6 Å². The number of carboxylic acids is 1. The highest BCUT2D eigenvalue weighted by atomic mass is 16.5. The van der Waals surface area contributed by atoms with E-state index in [9.17, 15) is 19.5 Å². The normalized spacial score (nSPS) is 19.1. The number of H-pyrrole nitrogens is 1. The van der Waals surface area contributed by atoms with Gasteiger partial charge < -0.3 is 9.84 Å². The molecule has 10 nitrogen and oxygen atoms in total. The van der Waals surface area contributed by atoms with E-state index in [1.54, 1.807) is 42.6 Å². The summed E-state index contributed by atoms with van der Waals surface area (Å²) in [5, 5.41) is 9.28. The van der Waals surface area contributed by atoms with Crippen LogP contribution >= 0.6 is 0 Å². The molecule has 0 radical (unpaired) electrons. The molecule has 2 aromatic heterocycles. The van der Waals surface area contributed by atoms with Crippen LogP contribution in [0.1, 0.15) is 39.5 Å². The molecular weight excluding hydrogens is 462 g/mol. The van der Waals surface area contributed by atoms with Crippen molar-refractivity contribution in [3.05, 3.63) is 75.2 Å². The minimum atomic E-state index is -1.07. The number of aromatic amines is 1. The molecule has 1 fully saturated rings. The number of aromatic nitrogens is 4. The lowest BCUT2D eigenvalue weighted by molar-refractivity contribution is -0.141. The summed E-state index contributed by atoms with van der Waals surface area (Å²) in [6.07, 6.45) is 5.78. The van der Waals surface area contributed by atoms with Gasteiger partial charge in [-0.1, -0.05) is 32.8 Å². The number of aliphatic carboxylic acids is 1. The molecule has 0 aliphatic heterocycles.